The molecule has 3 rings (SSSR count). The second-order valence-electron chi connectivity index (χ2n) is 6.03. The number of aromatic carboxylic acids is 1. The van der Waals surface area contributed by atoms with E-state index in [9.17, 15) is 23.1 Å². The first-order valence-corrected chi connectivity index (χ1v) is 10.3. The van der Waals surface area contributed by atoms with Gasteiger partial charge in [-0.2, -0.15) is 4.31 Å². The van der Waals surface area contributed by atoms with Gasteiger partial charge in [0.05, 0.1) is 5.56 Å². The minimum atomic E-state index is -3.71. The number of nitrogens with zero attached hydrogens (tertiary/aromatic N) is 1. The zero-order valence-electron chi connectivity index (χ0n) is 14.0. The van der Waals surface area contributed by atoms with Gasteiger partial charge in [-0.25, -0.2) is 13.2 Å². The lowest BCUT2D eigenvalue weighted by Gasteiger charge is -2.22. The van der Waals surface area contributed by atoms with Crippen LogP contribution in [0.5, 0.6) is 0 Å². The highest BCUT2D eigenvalue weighted by atomic mass is 32.2. The minimum Gasteiger partial charge on any atom is -0.478 e. The average Bonchev–Trinajstić information content (AvgIpc) is 3.28. The molecule has 1 unspecified atom stereocenters. The van der Waals surface area contributed by atoms with E-state index in [1.165, 1.54) is 16.4 Å². The summed E-state index contributed by atoms with van der Waals surface area (Å²) in [5.41, 5.74) is 1.01. The molecule has 1 aliphatic heterocycles. The highest BCUT2D eigenvalue weighted by molar-refractivity contribution is 7.91. The van der Waals surface area contributed by atoms with Gasteiger partial charge < -0.3 is 10.4 Å². The Morgan fingerprint density at radius 2 is 2.08 bits per heavy atom. The van der Waals surface area contributed by atoms with Crippen LogP contribution < -0.4 is 5.32 Å². The van der Waals surface area contributed by atoms with Crippen molar-refractivity contribution in [1.29, 1.82) is 0 Å². The van der Waals surface area contributed by atoms with Gasteiger partial charge in [-0.1, -0.05) is 12.1 Å². The Labute approximate surface area is 155 Å². The number of carbonyl (C=O) groups is 2. The molecule has 138 valence electrons. The smallest absolute Gasteiger partial charge is 0.336 e. The topological polar surface area (TPSA) is 104 Å². The number of carboxylic acids is 1. The van der Waals surface area contributed by atoms with Crippen LogP contribution in [0.2, 0.25) is 0 Å². The lowest BCUT2D eigenvalue weighted by atomic mass is 10.1. The molecule has 1 aromatic heterocycles. The highest BCUT2D eigenvalue weighted by Gasteiger charge is 2.39. The van der Waals surface area contributed by atoms with Gasteiger partial charge in [0.2, 0.25) is 5.91 Å². The predicted octanol–water partition coefficient (Wildman–Crippen LogP) is 2.55. The monoisotopic (exact) mass is 394 g/mol. The van der Waals surface area contributed by atoms with Crippen molar-refractivity contribution in [1.82, 2.24) is 4.31 Å². The maximum Gasteiger partial charge on any atom is 0.336 e. The molecule has 1 atom stereocenters. The lowest BCUT2D eigenvalue weighted by molar-refractivity contribution is -0.119. The van der Waals surface area contributed by atoms with Crippen molar-refractivity contribution >= 4 is 38.9 Å². The first-order valence-electron chi connectivity index (χ1n) is 8.01. The van der Waals surface area contributed by atoms with Crippen LogP contribution in [-0.4, -0.2) is 42.3 Å². The Balaban J connectivity index is 1.81. The Morgan fingerprint density at radius 1 is 1.31 bits per heavy atom. The van der Waals surface area contributed by atoms with Crippen LogP contribution in [-0.2, 0) is 14.8 Å². The van der Waals surface area contributed by atoms with E-state index in [0.29, 0.717) is 24.1 Å². The maximum absolute atomic E-state index is 12.7. The molecule has 1 fully saturated rings. The third kappa shape index (κ3) is 3.50. The van der Waals surface area contributed by atoms with E-state index in [0.717, 1.165) is 11.3 Å². The molecule has 0 spiro atoms. The third-order valence-electron chi connectivity index (χ3n) is 4.30. The highest BCUT2D eigenvalue weighted by Crippen LogP contribution is 2.29. The number of rotatable bonds is 5. The molecule has 1 saturated heterocycles. The summed E-state index contributed by atoms with van der Waals surface area (Å²) in [6.45, 7) is 1.95. The van der Waals surface area contributed by atoms with Crippen LogP contribution in [0, 0.1) is 6.92 Å². The summed E-state index contributed by atoms with van der Waals surface area (Å²) in [6, 6.07) is 6.95. The quantitative estimate of drug-likeness (QED) is 0.811. The van der Waals surface area contributed by atoms with Gasteiger partial charge in [-0.05, 0) is 48.9 Å². The van der Waals surface area contributed by atoms with E-state index in [-0.39, 0.29) is 16.3 Å². The Hall–Kier alpha value is -2.23. The molecule has 1 amide bonds. The summed E-state index contributed by atoms with van der Waals surface area (Å²) >= 11 is 1.11. The number of benzene rings is 1. The Kier molecular flexibility index (Phi) is 5.12. The fraction of sp³-hybridized carbons (Fsp3) is 0.294. The van der Waals surface area contributed by atoms with E-state index in [1.807, 2.05) is 0 Å². The molecule has 2 aromatic rings. The molecule has 1 aliphatic rings. The summed E-state index contributed by atoms with van der Waals surface area (Å²) in [5.74, 6) is -1.54. The van der Waals surface area contributed by atoms with E-state index < -0.39 is 27.9 Å². The summed E-state index contributed by atoms with van der Waals surface area (Å²) in [5, 5.41) is 13.5. The fourth-order valence-electron chi connectivity index (χ4n) is 2.97. The maximum atomic E-state index is 12.7. The summed E-state index contributed by atoms with van der Waals surface area (Å²) in [7, 11) is -3.71. The molecule has 1 aromatic carbocycles. The molecule has 2 N–H and O–H groups in total. The van der Waals surface area contributed by atoms with Gasteiger partial charge >= 0.3 is 5.97 Å². The number of hydrogen-bond donors (Lipinski definition) is 2. The molecular weight excluding hydrogens is 376 g/mol. The van der Waals surface area contributed by atoms with Gasteiger partial charge in [0, 0.05) is 12.2 Å². The standard InChI is InChI=1S/C17H18N2O5S2/c1-11-6-7-12(10-13(11)17(21)22)18-16(20)14-4-2-8-19(14)26(23,24)15-5-3-9-25-15/h3,5-7,9-10,14H,2,4,8H2,1H3,(H,18,20)(H,21,22). The molecule has 2 heterocycles. The average molecular weight is 394 g/mol. The first-order chi connectivity index (χ1) is 12.3. The summed E-state index contributed by atoms with van der Waals surface area (Å²) < 4.78 is 26.9. The second-order valence-corrected chi connectivity index (χ2v) is 9.10. The fourth-order valence-corrected chi connectivity index (χ4v) is 5.75. The number of anilines is 1. The van der Waals surface area contributed by atoms with Gasteiger partial charge in [0.25, 0.3) is 10.0 Å². The number of thiophene rings is 1. The Morgan fingerprint density at radius 3 is 2.73 bits per heavy atom. The van der Waals surface area contributed by atoms with Crippen molar-refractivity contribution in [2.75, 3.05) is 11.9 Å². The van der Waals surface area contributed by atoms with Crippen molar-refractivity contribution in [2.24, 2.45) is 0 Å². The molecule has 0 bridgehead atoms. The van der Waals surface area contributed by atoms with E-state index in [2.05, 4.69) is 5.32 Å². The first kappa shape index (κ1) is 18.6. The normalized spacial score (nSPS) is 18.0. The number of sulfonamides is 1. The van der Waals surface area contributed by atoms with Gasteiger partial charge in [0.1, 0.15) is 10.3 Å². The number of hydrogen-bond acceptors (Lipinski definition) is 5. The van der Waals surface area contributed by atoms with Crippen molar-refractivity contribution in [2.45, 2.75) is 30.0 Å². The van der Waals surface area contributed by atoms with Crippen LogP contribution >= 0.6 is 11.3 Å². The van der Waals surface area contributed by atoms with Crippen LogP contribution in [0.1, 0.15) is 28.8 Å². The van der Waals surface area contributed by atoms with Gasteiger partial charge in [-0.3, -0.25) is 4.79 Å². The zero-order chi connectivity index (χ0) is 18.9. The molecular formula is C17H18N2O5S2. The largest absolute Gasteiger partial charge is 0.478 e. The SMILES string of the molecule is Cc1ccc(NC(=O)C2CCCN2S(=O)(=O)c2cccs2)cc1C(=O)O. The van der Waals surface area contributed by atoms with Crippen molar-refractivity contribution < 1.29 is 23.1 Å². The summed E-state index contributed by atoms with van der Waals surface area (Å²) in [6.07, 6.45) is 1.02. The number of carboxylic acid groups (broad SMARTS) is 1. The third-order valence-corrected chi connectivity index (χ3v) is 7.58. The summed E-state index contributed by atoms with van der Waals surface area (Å²) in [4.78, 5) is 23.9. The molecule has 0 aliphatic carbocycles. The number of carbonyl (C=O) groups excluding carboxylic acids is 1. The van der Waals surface area contributed by atoms with Crippen LogP contribution in [0.15, 0.2) is 39.9 Å². The van der Waals surface area contributed by atoms with Crippen molar-refractivity contribution in [3.05, 3.63) is 46.8 Å². The van der Waals surface area contributed by atoms with E-state index in [4.69, 9.17) is 0 Å². The molecule has 0 radical (unpaired) electrons. The number of aryl methyl sites for hydroxylation is 1. The Bertz CT molecular complexity index is 938. The second kappa shape index (κ2) is 7.18. The van der Waals surface area contributed by atoms with Gasteiger partial charge in [-0.15, -0.1) is 11.3 Å². The molecule has 9 heteroatoms. The van der Waals surface area contributed by atoms with Crippen LogP contribution in [0.3, 0.4) is 0 Å². The number of amides is 1. The minimum absolute atomic E-state index is 0.0947. The predicted molar refractivity (Wildman–Crippen MR) is 98.0 cm³/mol. The van der Waals surface area contributed by atoms with Crippen molar-refractivity contribution in [3.8, 4) is 0 Å². The molecule has 0 saturated carbocycles. The van der Waals surface area contributed by atoms with E-state index in [1.54, 1.807) is 30.5 Å². The van der Waals surface area contributed by atoms with E-state index >= 15 is 0 Å². The molecule has 7 nitrogen and oxygen atoms in total. The lowest BCUT2D eigenvalue weighted by Crippen LogP contribution is -2.42. The molecule has 26 heavy (non-hydrogen) atoms. The van der Waals surface area contributed by atoms with Crippen LogP contribution in [0.4, 0.5) is 5.69 Å². The van der Waals surface area contributed by atoms with Crippen LogP contribution in [0.25, 0.3) is 0 Å². The zero-order valence-corrected chi connectivity index (χ0v) is 15.6. The van der Waals surface area contributed by atoms with Crippen molar-refractivity contribution in [3.63, 3.8) is 0 Å². The van der Waals surface area contributed by atoms with Gasteiger partial charge in [0.15, 0.2) is 0 Å². The number of nitrogens with one attached hydrogen (secondary N) is 1.